The third-order valence-electron chi connectivity index (χ3n) is 12.0. The molecule has 0 aromatic rings. The zero-order valence-corrected chi connectivity index (χ0v) is 43.0. The standard InChI is InChI=1S/C59H104O6/c1-4-7-10-13-16-19-21-23-25-26-27-28-29-30-31-32-33-34-35-37-38-40-43-46-49-52-58(61)64-55-56(54-63-57(60)51-48-45-42-18-15-12-9-6-3)65-59(62)53-50-47-44-41-39-36-24-22-20-17-14-11-8-5-2/h7,10,16,19,23,25,27-28,30-31,56H,4-6,8-9,11-15,17-18,20-22,24,26,29,32-55H2,1-3H3/b10-7-,19-16-,25-23-,28-27-,31-30-. The second-order valence-electron chi connectivity index (χ2n) is 18.5. The summed E-state index contributed by atoms with van der Waals surface area (Å²) in [6.07, 6.45) is 66.5. The Morgan fingerprint density at radius 3 is 0.938 bits per heavy atom. The molecule has 0 saturated heterocycles. The van der Waals surface area contributed by atoms with Gasteiger partial charge in [0.25, 0.3) is 0 Å². The molecule has 65 heavy (non-hydrogen) atoms. The number of unbranched alkanes of at least 4 members (excludes halogenated alkanes) is 29. The first-order valence-corrected chi connectivity index (χ1v) is 27.8. The molecule has 0 aromatic heterocycles. The van der Waals surface area contributed by atoms with E-state index in [1.54, 1.807) is 0 Å². The quantitative estimate of drug-likeness (QED) is 0.0262. The predicted octanol–water partition coefficient (Wildman–Crippen LogP) is 18.4. The molecular formula is C59H104O6. The minimum absolute atomic E-state index is 0.0724. The van der Waals surface area contributed by atoms with Crippen LogP contribution in [0.25, 0.3) is 0 Å². The van der Waals surface area contributed by atoms with E-state index in [0.29, 0.717) is 19.3 Å². The van der Waals surface area contributed by atoms with E-state index in [0.717, 1.165) is 96.3 Å². The van der Waals surface area contributed by atoms with Crippen molar-refractivity contribution in [3.63, 3.8) is 0 Å². The molecule has 0 aliphatic rings. The lowest BCUT2D eigenvalue weighted by Gasteiger charge is -2.18. The van der Waals surface area contributed by atoms with Crippen molar-refractivity contribution in [2.24, 2.45) is 0 Å². The third-order valence-corrected chi connectivity index (χ3v) is 12.0. The summed E-state index contributed by atoms with van der Waals surface area (Å²) < 4.78 is 16.8. The maximum absolute atomic E-state index is 12.8. The molecule has 1 unspecified atom stereocenters. The van der Waals surface area contributed by atoms with Crippen LogP contribution in [0.5, 0.6) is 0 Å². The zero-order chi connectivity index (χ0) is 47.2. The molecule has 0 bridgehead atoms. The van der Waals surface area contributed by atoms with Gasteiger partial charge < -0.3 is 14.2 Å². The molecule has 0 N–H and O–H groups in total. The smallest absolute Gasteiger partial charge is 0.306 e. The number of rotatable bonds is 50. The Hall–Kier alpha value is -2.89. The van der Waals surface area contributed by atoms with Crippen LogP contribution in [0.2, 0.25) is 0 Å². The van der Waals surface area contributed by atoms with Crippen molar-refractivity contribution in [1.82, 2.24) is 0 Å². The highest BCUT2D eigenvalue weighted by molar-refractivity contribution is 5.71. The van der Waals surface area contributed by atoms with Gasteiger partial charge in [-0.1, -0.05) is 255 Å². The summed E-state index contributed by atoms with van der Waals surface area (Å²) in [5.41, 5.74) is 0. The van der Waals surface area contributed by atoms with Crippen LogP contribution in [0.15, 0.2) is 60.8 Å². The molecule has 0 saturated carbocycles. The number of hydrogen-bond acceptors (Lipinski definition) is 6. The van der Waals surface area contributed by atoms with Gasteiger partial charge in [-0.15, -0.1) is 0 Å². The second-order valence-corrected chi connectivity index (χ2v) is 18.5. The van der Waals surface area contributed by atoms with Gasteiger partial charge in [0.1, 0.15) is 13.2 Å². The first-order chi connectivity index (χ1) is 32.0. The fourth-order valence-electron chi connectivity index (χ4n) is 7.88. The summed E-state index contributed by atoms with van der Waals surface area (Å²) in [6, 6.07) is 0. The van der Waals surface area contributed by atoms with Gasteiger partial charge in [-0.2, -0.15) is 0 Å². The topological polar surface area (TPSA) is 78.9 Å². The monoisotopic (exact) mass is 909 g/mol. The average molecular weight is 909 g/mol. The van der Waals surface area contributed by atoms with Crippen LogP contribution in [-0.2, 0) is 28.6 Å². The summed E-state index contributed by atoms with van der Waals surface area (Å²) in [6.45, 7) is 6.51. The number of ether oxygens (including phenoxy) is 3. The zero-order valence-electron chi connectivity index (χ0n) is 43.0. The molecule has 0 aliphatic heterocycles. The average Bonchev–Trinajstić information content (AvgIpc) is 3.30. The first-order valence-electron chi connectivity index (χ1n) is 27.8. The number of esters is 3. The van der Waals surface area contributed by atoms with Gasteiger partial charge >= 0.3 is 17.9 Å². The minimum Gasteiger partial charge on any atom is -0.462 e. The van der Waals surface area contributed by atoms with Gasteiger partial charge in [-0.25, -0.2) is 0 Å². The lowest BCUT2D eigenvalue weighted by atomic mass is 10.0. The van der Waals surface area contributed by atoms with E-state index in [4.69, 9.17) is 14.2 Å². The van der Waals surface area contributed by atoms with Crippen LogP contribution in [-0.4, -0.2) is 37.2 Å². The fraction of sp³-hybridized carbons (Fsp3) is 0.780. The van der Waals surface area contributed by atoms with E-state index in [9.17, 15) is 14.4 Å². The van der Waals surface area contributed by atoms with E-state index in [1.807, 2.05) is 0 Å². The highest BCUT2D eigenvalue weighted by Gasteiger charge is 2.19. The number of carbonyl (C=O) groups is 3. The predicted molar refractivity (Wildman–Crippen MR) is 279 cm³/mol. The van der Waals surface area contributed by atoms with Crippen molar-refractivity contribution in [3.05, 3.63) is 60.8 Å². The lowest BCUT2D eigenvalue weighted by Crippen LogP contribution is -2.30. The van der Waals surface area contributed by atoms with Crippen molar-refractivity contribution in [2.45, 2.75) is 284 Å². The maximum atomic E-state index is 12.8. The largest absolute Gasteiger partial charge is 0.462 e. The van der Waals surface area contributed by atoms with Crippen molar-refractivity contribution < 1.29 is 28.6 Å². The normalized spacial score (nSPS) is 12.5. The van der Waals surface area contributed by atoms with Crippen LogP contribution in [0, 0.1) is 0 Å². The molecule has 0 amide bonds. The van der Waals surface area contributed by atoms with Crippen LogP contribution in [0.3, 0.4) is 0 Å². The number of carbonyl (C=O) groups excluding carboxylic acids is 3. The van der Waals surface area contributed by atoms with E-state index in [-0.39, 0.29) is 31.1 Å². The van der Waals surface area contributed by atoms with Gasteiger partial charge in [0.15, 0.2) is 6.10 Å². The Balaban J connectivity index is 4.19. The summed E-state index contributed by atoms with van der Waals surface area (Å²) in [4.78, 5) is 37.9. The Bertz CT molecular complexity index is 1180. The number of hydrogen-bond donors (Lipinski definition) is 0. The van der Waals surface area contributed by atoms with Crippen LogP contribution in [0.4, 0.5) is 0 Å². The van der Waals surface area contributed by atoms with Crippen molar-refractivity contribution in [2.75, 3.05) is 13.2 Å². The first kappa shape index (κ1) is 62.1. The van der Waals surface area contributed by atoms with E-state index in [1.165, 1.54) is 141 Å². The van der Waals surface area contributed by atoms with Crippen molar-refractivity contribution >= 4 is 17.9 Å². The highest BCUT2D eigenvalue weighted by Crippen LogP contribution is 2.16. The summed E-state index contributed by atoms with van der Waals surface area (Å²) in [5, 5.41) is 0. The highest BCUT2D eigenvalue weighted by atomic mass is 16.6. The molecule has 0 aliphatic carbocycles. The Morgan fingerprint density at radius 1 is 0.323 bits per heavy atom. The summed E-state index contributed by atoms with van der Waals surface area (Å²) in [7, 11) is 0. The van der Waals surface area contributed by atoms with Gasteiger partial charge in [0, 0.05) is 19.3 Å². The minimum atomic E-state index is -0.771. The third kappa shape index (κ3) is 51.9. The van der Waals surface area contributed by atoms with E-state index < -0.39 is 6.10 Å². The second kappa shape index (κ2) is 53.7. The fourth-order valence-corrected chi connectivity index (χ4v) is 7.88. The van der Waals surface area contributed by atoms with E-state index in [2.05, 4.69) is 81.5 Å². The molecule has 6 nitrogen and oxygen atoms in total. The molecule has 0 spiro atoms. The van der Waals surface area contributed by atoms with Gasteiger partial charge in [0.05, 0.1) is 0 Å². The number of allylic oxidation sites excluding steroid dienone is 10. The summed E-state index contributed by atoms with van der Waals surface area (Å²) >= 11 is 0. The Morgan fingerprint density at radius 2 is 0.600 bits per heavy atom. The Labute approximate surface area is 402 Å². The molecule has 0 aromatic carbocycles. The molecular weight excluding hydrogens is 805 g/mol. The van der Waals surface area contributed by atoms with Gasteiger partial charge in [0.2, 0.25) is 0 Å². The molecule has 6 heteroatoms. The summed E-state index contributed by atoms with van der Waals surface area (Å²) in [5.74, 6) is -0.873. The SMILES string of the molecule is CC/C=C\C/C=C\C/C=C\C/C=C\C/C=C\CCCCCCCCCCCC(=O)OCC(COC(=O)CCCCCCCCCC)OC(=O)CCCCCCCCCCCCCCCC. The van der Waals surface area contributed by atoms with Crippen LogP contribution < -0.4 is 0 Å². The van der Waals surface area contributed by atoms with Crippen LogP contribution >= 0.6 is 0 Å². The van der Waals surface area contributed by atoms with Crippen molar-refractivity contribution in [1.29, 1.82) is 0 Å². The maximum Gasteiger partial charge on any atom is 0.306 e. The van der Waals surface area contributed by atoms with Crippen molar-refractivity contribution in [3.8, 4) is 0 Å². The Kier molecular flexibility index (Phi) is 51.3. The lowest BCUT2D eigenvalue weighted by molar-refractivity contribution is -0.167. The van der Waals surface area contributed by atoms with Gasteiger partial charge in [-0.3, -0.25) is 14.4 Å². The molecule has 0 rings (SSSR count). The molecule has 376 valence electrons. The molecule has 0 heterocycles. The molecule has 0 fully saturated rings. The van der Waals surface area contributed by atoms with Gasteiger partial charge in [-0.05, 0) is 64.2 Å². The molecule has 0 radical (unpaired) electrons. The molecule has 1 atom stereocenters. The van der Waals surface area contributed by atoms with E-state index >= 15 is 0 Å². The van der Waals surface area contributed by atoms with Crippen LogP contribution in [0.1, 0.15) is 278 Å².